The molecule has 0 radical (unpaired) electrons. The second-order valence-corrected chi connectivity index (χ2v) is 9.34. The van der Waals surface area contributed by atoms with Crippen LogP contribution in [0.3, 0.4) is 0 Å². The van der Waals surface area contributed by atoms with Gasteiger partial charge in [-0.25, -0.2) is 19.9 Å². The predicted octanol–water partition coefficient (Wildman–Crippen LogP) is 6.16. The predicted molar refractivity (Wildman–Crippen MR) is 140 cm³/mol. The van der Waals surface area contributed by atoms with Crippen LogP contribution in [0.1, 0.15) is 18.4 Å². The first-order chi connectivity index (χ1) is 17.5. The monoisotopic (exact) mass is 501 g/mol. The van der Waals surface area contributed by atoms with Crippen molar-refractivity contribution in [3.05, 3.63) is 83.7 Å². The van der Waals surface area contributed by atoms with E-state index in [-0.39, 0.29) is 0 Å². The number of nitrogens with one attached hydrogen (secondary N) is 2. The lowest BCUT2D eigenvalue weighted by molar-refractivity contribution is 0.244. The molecule has 0 atom stereocenters. The van der Waals surface area contributed by atoms with Crippen molar-refractivity contribution in [1.29, 1.82) is 5.53 Å². The number of fused-ring (bicyclic) bond motifs is 1. The molecule has 7 nitrogen and oxygen atoms in total. The van der Waals surface area contributed by atoms with Crippen LogP contribution in [0.25, 0.3) is 39.1 Å². The van der Waals surface area contributed by atoms with Crippen molar-refractivity contribution in [3.8, 4) is 22.4 Å². The van der Waals surface area contributed by atoms with E-state index in [1.807, 2.05) is 24.3 Å². The fraction of sp³-hybridized carbons (Fsp3) is 0.222. The molecule has 4 aromatic rings. The first-order valence-corrected chi connectivity index (χ1v) is 12.1. The second kappa shape index (κ2) is 10.5. The minimum Gasteiger partial charge on any atom is -0.386 e. The van der Waals surface area contributed by atoms with Gasteiger partial charge in [0.25, 0.3) is 0 Å². The first kappa shape index (κ1) is 24.0. The van der Waals surface area contributed by atoms with Gasteiger partial charge in [0.15, 0.2) is 5.65 Å². The quantitative estimate of drug-likeness (QED) is 0.308. The summed E-state index contributed by atoms with van der Waals surface area (Å²) in [5.74, 6) is -0.418. The molecule has 2 N–H and O–H groups in total. The molecule has 0 spiro atoms. The number of nitrogens with zero attached hydrogens (tertiary/aromatic N) is 5. The van der Waals surface area contributed by atoms with Crippen LogP contribution < -0.4 is 5.32 Å². The first-order valence-electron chi connectivity index (χ1n) is 11.7. The summed E-state index contributed by atoms with van der Waals surface area (Å²) in [6.45, 7) is 2.07. The van der Waals surface area contributed by atoms with E-state index in [2.05, 4.69) is 37.3 Å². The lowest BCUT2D eigenvalue weighted by Gasteiger charge is -2.29. The van der Waals surface area contributed by atoms with Crippen LogP contribution in [0, 0.1) is 11.3 Å². The molecule has 1 aliphatic rings. The van der Waals surface area contributed by atoms with Gasteiger partial charge in [-0.05, 0) is 81.0 Å². The number of piperidine rings is 1. The smallest absolute Gasteiger partial charge is 0.160 e. The molecule has 3 aromatic heterocycles. The molecule has 1 fully saturated rings. The topological polar surface area (TPSA) is 90.2 Å². The number of pyridine rings is 3. The van der Waals surface area contributed by atoms with Crippen LogP contribution >= 0.6 is 11.6 Å². The molecule has 36 heavy (non-hydrogen) atoms. The molecule has 0 saturated carbocycles. The highest BCUT2D eigenvalue weighted by atomic mass is 35.5. The minimum atomic E-state index is -0.418. The number of aromatic nitrogens is 3. The molecule has 0 bridgehead atoms. The summed E-state index contributed by atoms with van der Waals surface area (Å²) in [5.41, 5.74) is 11.7. The molecule has 1 saturated heterocycles. The van der Waals surface area contributed by atoms with E-state index in [9.17, 15) is 4.39 Å². The minimum absolute atomic E-state index is 0.296. The van der Waals surface area contributed by atoms with Crippen molar-refractivity contribution in [1.82, 2.24) is 25.2 Å². The molecule has 9 heteroatoms. The Morgan fingerprint density at radius 3 is 2.81 bits per heavy atom. The Hall–Kier alpha value is -3.75. The lowest BCUT2D eigenvalue weighted by Crippen LogP contribution is -2.38. The Morgan fingerprint density at radius 1 is 1.17 bits per heavy atom. The van der Waals surface area contributed by atoms with Crippen molar-refractivity contribution in [3.63, 3.8) is 0 Å². The van der Waals surface area contributed by atoms with Crippen LogP contribution in [-0.4, -0.2) is 46.0 Å². The van der Waals surface area contributed by atoms with Gasteiger partial charge < -0.3 is 10.2 Å². The fourth-order valence-electron chi connectivity index (χ4n) is 4.41. The number of hydrogen-bond donors (Lipinski definition) is 2. The summed E-state index contributed by atoms with van der Waals surface area (Å²) in [7, 11) is 2.12. The van der Waals surface area contributed by atoms with Gasteiger partial charge in [-0.15, -0.1) is 0 Å². The van der Waals surface area contributed by atoms with Crippen molar-refractivity contribution >= 4 is 28.3 Å². The Bertz CT molecular complexity index is 1450. The molecule has 0 unspecified atom stereocenters. The Kier molecular flexibility index (Phi) is 6.97. The highest BCUT2D eigenvalue weighted by molar-refractivity contribution is 6.30. The number of likely N-dealkylation sites (tertiary alicyclic amines) is 1. The third-order valence-corrected chi connectivity index (χ3v) is 6.66. The van der Waals surface area contributed by atoms with Gasteiger partial charge in [-0.2, -0.15) is 5.11 Å². The largest absolute Gasteiger partial charge is 0.386 e. The standard InChI is InChI=1S/C27H25ClFN7/c1-36-9-6-20(7-10-36)33-16-26(35-30)18-11-17(14-31-15-18)22-13-25(23-12-19(28)4-5-24(23)29)34-27-21(22)3-2-8-32-27/h2-5,8,11-16,20,30,33H,6-7,9-10H2,1H3/b26-16-,35-30?. The zero-order valence-corrected chi connectivity index (χ0v) is 20.5. The van der Waals surface area contributed by atoms with Crippen molar-refractivity contribution in [2.24, 2.45) is 5.11 Å². The van der Waals surface area contributed by atoms with Gasteiger partial charge in [-0.3, -0.25) is 4.98 Å². The van der Waals surface area contributed by atoms with Crippen LogP contribution in [0.15, 0.2) is 72.4 Å². The number of hydrogen-bond acceptors (Lipinski definition) is 7. The average Bonchev–Trinajstić information content (AvgIpc) is 2.91. The van der Waals surface area contributed by atoms with E-state index < -0.39 is 5.82 Å². The SMILES string of the molecule is CN1CCC(N/C=C(\N=N)c2cncc(-c3cc(-c4cc(Cl)ccc4F)nc4ncccc34)c2)CC1. The van der Waals surface area contributed by atoms with E-state index in [1.165, 1.54) is 12.1 Å². The van der Waals surface area contributed by atoms with E-state index in [1.54, 1.807) is 30.9 Å². The summed E-state index contributed by atoms with van der Waals surface area (Å²) < 4.78 is 14.7. The molecule has 0 amide bonds. The van der Waals surface area contributed by atoms with E-state index in [4.69, 9.17) is 17.1 Å². The maximum absolute atomic E-state index is 14.7. The molecular weight excluding hydrogens is 477 g/mol. The highest BCUT2D eigenvalue weighted by Gasteiger charge is 2.17. The van der Waals surface area contributed by atoms with Crippen molar-refractivity contribution in [2.75, 3.05) is 20.1 Å². The van der Waals surface area contributed by atoms with E-state index in [0.29, 0.717) is 39.2 Å². The molecule has 0 aliphatic carbocycles. The maximum Gasteiger partial charge on any atom is 0.160 e. The van der Waals surface area contributed by atoms with E-state index in [0.717, 1.165) is 42.4 Å². The van der Waals surface area contributed by atoms with Gasteiger partial charge in [0.2, 0.25) is 0 Å². The fourth-order valence-corrected chi connectivity index (χ4v) is 4.58. The van der Waals surface area contributed by atoms with Crippen molar-refractivity contribution < 1.29 is 4.39 Å². The average molecular weight is 502 g/mol. The Labute approximate surface area is 213 Å². The van der Waals surface area contributed by atoms with Crippen LogP contribution in [0.2, 0.25) is 5.02 Å². The van der Waals surface area contributed by atoms with Crippen LogP contribution in [0.5, 0.6) is 0 Å². The van der Waals surface area contributed by atoms with Gasteiger partial charge in [0.05, 0.1) is 5.69 Å². The number of benzene rings is 1. The Balaban J connectivity index is 1.55. The molecule has 1 aliphatic heterocycles. The Morgan fingerprint density at radius 2 is 2.00 bits per heavy atom. The lowest BCUT2D eigenvalue weighted by atomic mass is 9.99. The summed E-state index contributed by atoms with van der Waals surface area (Å²) in [5, 5.41) is 8.39. The van der Waals surface area contributed by atoms with Gasteiger partial charge in [-0.1, -0.05) is 11.6 Å². The second-order valence-electron chi connectivity index (χ2n) is 8.90. The third kappa shape index (κ3) is 5.10. The van der Waals surface area contributed by atoms with Gasteiger partial charge in [0, 0.05) is 57.9 Å². The zero-order chi connectivity index (χ0) is 25.1. The van der Waals surface area contributed by atoms with Crippen LogP contribution in [0.4, 0.5) is 4.39 Å². The molecule has 4 heterocycles. The molecule has 182 valence electrons. The maximum atomic E-state index is 14.7. The highest BCUT2D eigenvalue weighted by Crippen LogP contribution is 2.34. The molecular formula is C27H25ClFN7. The van der Waals surface area contributed by atoms with Crippen LogP contribution in [-0.2, 0) is 0 Å². The summed E-state index contributed by atoms with van der Waals surface area (Å²) in [4.78, 5) is 15.7. The molecule has 1 aromatic carbocycles. The van der Waals surface area contributed by atoms with Gasteiger partial charge >= 0.3 is 0 Å². The number of halogens is 2. The van der Waals surface area contributed by atoms with Crippen molar-refractivity contribution in [2.45, 2.75) is 18.9 Å². The normalized spacial score (nSPS) is 15.2. The summed E-state index contributed by atoms with van der Waals surface area (Å²) in [6.07, 6.45) is 8.94. The molecule has 5 rings (SSSR count). The zero-order valence-electron chi connectivity index (χ0n) is 19.7. The van der Waals surface area contributed by atoms with Gasteiger partial charge in [0.1, 0.15) is 11.5 Å². The van der Waals surface area contributed by atoms with E-state index >= 15 is 0 Å². The number of rotatable bonds is 6. The summed E-state index contributed by atoms with van der Waals surface area (Å²) in [6, 6.07) is 12.2. The third-order valence-electron chi connectivity index (χ3n) is 6.43. The summed E-state index contributed by atoms with van der Waals surface area (Å²) >= 11 is 6.14.